The summed E-state index contributed by atoms with van der Waals surface area (Å²) >= 11 is 0. The maximum absolute atomic E-state index is 13.5. The van der Waals surface area contributed by atoms with Crippen LogP contribution < -0.4 is 16.0 Å². The molecule has 48 heteroatoms. The Hall–Kier alpha value is -3.27. The molecule has 0 aromatic carbocycles. The summed E-state index contributed by atoms with van der Waals surface area (Å²) in [4.78, 5) is 39.5. The lowest BCUT2D eigenvalue weighted by molar-refractivity contribution is -0.391. The van der Waals surface area contributed by atoms with Crippen molar-refractivity contribution in [2.24, 2.45) is 0 Å². The maximum Gasteiger partial charge on any atom is 0.217 e. The summed E-state index contributed by atoms with van der Waals surface area (Å²) in [5.74, 6) is -2.85. The summed E-state index contributed by atoms with van der Waals surface area (Å²) in [5, 5.41) is 282. The molecule has 0 saturated carbocycles. The number of carbonyl (C=O) groups excluding carboxylic acids is 3. The second-order valence-electron chi connectivity index (χ2n) is 27.4. The van der Waals surface area contributed by atoms with Crippen molar-refractivity contribution >= 4 is 17.7 Å². The van der Waals surface area contributed by atoms with Crippen LogP contribution in [-0.4, -0.2) is 474 Å². The van der Waals surface area contributed by atoms with Crippen LogP contribution >= 0.6 is 0 Å². The van der Waals surface area contributed by atoms with Crippen LogP contribution in [0, 0.1) is 0 Å². The van der Waals surface area contributed by atoms with Crippen molar-refractivity contribution in [3.05, 3.63) is 0 Å². The summed E-state index contributed by atoms with van der Waals surface area (Å²) < 4.78 is 101. The van der Waals surface area contributed by atoms with E-state index in [9.17, 15) is 142 Å². The molecule has 9 aliphatic rings. The molecule has 1 unspecified atom stereocenters. The van der Waals surface area contributed by atoms with Gasteiger partial charge in [-0.15, -0.1) is 0 Å². The quantitative estimate of drug-likeness (QED) is 0.0363. The zero-order chi connectivity index (χ0) is 79.5. The first-order valence-electron chi connectivity index (χ1n) is 34.5. The Morgan fingerprint density at radius 2 is 0.546 bits per heavy atom. The first-order valence-corrected chi connectivity index (χ1v) is 34.5. The van der Waals surface area contributed by atoms with Crippen molar-refractivity contribution in [1.82, 2.24) is 16.0 Å². The predicted molar refractivity (Wildman–Crippen MR) is 330 cm³/mol. The van der Waals surface area contributed by atoms with Gasteiger partial charge in [0.1, 0.15) is 213 Å². The summed E-state index contributed by atoms with van der Waals surface area (Å²) in [6.07, 6.45) is -86.0. The fourth-order valence-corrected chi connectivity index (χ4v) is 14.0. The Morgan fingerprint density at radius 1 is 0.259 bits per heavy atom. The molecule has 45 atom stereocenters. The van der Waals surface area contributed by atoms with Gasteiger partial charge < -0.3 is 224 Å². The lowest BCUT2D eigenvalue weighted by atomic mass is 9.93. The Bertz CT molecular complexity index is 2820. The molecule has 626 valence electrons. The van der Waals surface area contributed by atoms with E-state index < -0.39 is 347 Å². The van der Waals surface area contributed by atoms with Gasteiger partial charge in [-0.3, -0.25) is 14.4 Å². The summed E-state index contributed by atoms with van der Waals surface area (Å²) in [5.41, 5.74) is 0. The van der Waals surface area contributed by atoms with E-state index in [1.807, 2.05) is 0 Å². The molecule has 48 nitrogen and oxygen atoms in total. The van der Waals surface area contributed by atoms with Crippen LogP contribution in [0.4, 0.5) is 0 Å². The van der Waals surface area contributed by atoms with E-state index >= 15 is 0 Å². The molecular weight excluding hydrogens is 1480 g/mol. The molecule has 9 rings (SSSR count). The highest BCUT2D eigenvalue weighted by Crippen LogP contribution is 2.40. The monoisotopic (exact) mass is 1580 g/mol. The van der Waals surface area contributed by atoms with Gasteiger partial charge in [-0.25, -0.2) is 0 Å². The molecule has 0 spiro atoms. The van der Waals surface area contributed by atoms with Gasteiger partial charge in [-0.2, -0.15) is 0 Å². The fraction of sp³-hybridized carbons (Fsp3) is 0.950. The van der Waals surface area contributed by atoms with E-state index in [2.05, 4.69) is 16.0 Å². The van der Waals surface area contributed by atoms with Crippen LogP contribution in [0.25, 0.3) is 0 Å². The Kier molecular flexibility index (Phi) is 31.6. The average Bonchev–Trinajstić information content (AvgIpc) is 0.769. The first kappa shape index (κ1) is 88.7. The van der Waals surface area contributed by atoms with Gasteiger partial charge in [0.25, 0.3) is 0 Å². The van der Waals surface area contributed by atoms with Crippen molar-refractivity contribution in [2.75, 3.05) is 52.9 Å². The summed E-state index contributed by atoms with van der Waals surface area (Å²) in [6.45, 7) is -4.65. The van der Waals surface area contributed by atoms with Gasteiger partial charge in [0.15, 0.2) is 56.6 Å². The normalized spacial score (nSPS) is 50.4. The molecule has 9 heterocycles. The highest BCUT2D eigenvalue weighted by Gasteiger charge is 2.61. The third kappa shape index (κ3) is 19.1. The van der Waals surface area contributed by atoms with E-state index in [-0.39, 0.29) is 0 Å². The SMILES string of the molecule is CC(=O)N[C@H]1[C@H](OC[C@H]2O[C@@H](O[C@H]3[C@H](O)[C@@H](O)C(O)O[C@@H]3CO)[C@H](O)[C@@H](O[C@@H]3O[C@H](CO)[C@@H](O)[C@H](O[C@@H]4O[C@H](CO)[C@H](O)[C@H](O)[C@H]4O)[C@H]3NC(C)=O)[C@H]2O)O[C@H](CO)[C@@H](O[C@@H]2O[C@H](CO)[C@H](O)[C@H](O[C@@H]3O[C@H](CO)[C@@H](O)[C@H](O[C@@H]4O[C@H](CO)[C@H](O)[C@H](O)[C@H]4O)[C@H]3NC(C)=O)[C@H]2O)[C@@H]1O[C@H]1O[C@H](C)[C@H](O)[C@H](O)[C@H]1O. The highest BCUT2D eigenvalue weighted by molar-refractivity contribution is 5.74. The van der Waals surface area contributed by atoms with Gasteiger partial charge in [-0.05, 0) is 6.92 Å². The van der Waals surface area contributed by atoms with Gasteiger partial charge >= 0.3 is 0 Å². The van der Waals surface area contributed by atoms with E-state index in [1.165, 1.54) is 6.92 Å². The second kappa shape index (κ2) is 38.5. The summed E-state index contributed by atoms with van der Waals surface area (Å²) in [7, 11) is 0. The molecule has 108 heavy (non-hydrogen) atoms. The van der Waals surface area contributed by atoms with Crippen LogP contribution in [-0.2, 0) is 94.9 Å². The predicted octanol–water partition coefficient (Wildman–Crippen LogP) is -19.2. The first-order chi connectivity index (χ1) is 51.1. The largest absolute Gasteiger partial charge is 0.394 e. The molecule has 3 amide bonds. The van der Waals surface area contributed by atoms with Crippen molar-refractivity contribution in [2.45, 2.75) is 304 Å². The Labute approximate surface area is 611 Å². The standard InChI is InChI=1S/C60H101N3O45/c1-13-28(74)35(81)40(86)56(93-13)106-49-27(63-16(4)73)53(100-23(11-70)46(49)103-59-43(89)50(33(79)21(9-68)99-59)107-54-25(61-14(2)71)47(31(77)19(7-66)95-54)104-57-41(87)36(82)29(75)17(5-64)97-57)92-12-24-34(80)51(44(90)60(101-24)102-45-22(10-69)94-52(91)39(85)38(45)84)108-55-26(62-15(3)72)48(32(78)20(8-67)96-55)105-58-42(88)37(83)30(76)18(6-65)98-58/h13,17-60,64-70,74-91H,5-12H2,1-4H3,(H,61,71)(H,62,72)(H,63,73)/t13-,17-,18-,19-,20-,21-,22-,23-,24-,25-,26-,27-,28+,29+,30+,31-,32-,33+,34+,35+,36+,37+,38-,39-,40-,41-,42-,43-,44-,45-,46-,47-,48-,49-,50+,51+,52?,53-,54+,55+,56-,57+,58+,59+,60+/m1/s1. The summed E-state index contributed by atoms with van der Waals surface area (Å²) in [6, 6.07) is -5.74. The third-order valence-corrected chi connectivity index (χ3v) is 19.9. The molecule has 0 bridgehead atoms. The molecule has 28 N–H and O–H groups in total. The molecule has 0 aromatic rings. The Balaban J connectivity index is 1.05. The minimum Gasteiger partial charge on any atom is -0.394 e. The number of amides is 3. The molecule has 0 radical (unpaired) electrons. The molecule has 9 fully saturated rings. The highest BCUT2D eigenvalue weighted by atomic mass is 16.8. The Morgan fingerprint density at radius 3 is 0.954 bits per heavy atom. The number of aliphatic hydroxyl groups is 25. The number of carbonyl (C=O) groups is 3. The van der Waals surface area contributed by atoms with Crippen molar-refractivity contribution in [3.8, 4) is 0 Å². The lowest BCUT2D eigenvalue weighted by Gasteiger charge is -2.51. The van der Waals surface area contributed by atoms with Crippen LogP contribution in [0.3, 0.4) is 0 Å². The molecule has 0 aromatic heterocycles. The number of rotatable bonds is 27. The van der Waals surface area contributed by atoms with Crippen molar-refractivity contribution in [3.63, 3.8) is 0 Å². The van der Waals surface area contributed by atoms with Gasteiger partial charge in [0.2, 0.25) is 17.7 Å². The number of hydrogen-bond donors (Lipinski definition) is 28. The lowest BCUT2D eigenvalue weighted by Crippen LogP contribution is -2.71. The third-order valence-electron chi connectivity index (χ3n) is 19.9. The topological polar surface area (TPSA) is 750 Å². The van der Waals surface area contributed by atoms with E-state index in [0.717, 1.165) is 20.8 Å². The minimum absolute atomic E-state index is 0.914. The zero-order valence-corrected chi connectivity index (χ0v) is 58.0. The van der Waals surface area contributed by atoms with Gasteiger partial charge in [-0.1, -0.05) is 0 Å². The van der Waals surface area contributed by atoms with Crippen molar-refractivity contribution in [1.29, 1.82) is 0 Å². The molecular formula is C60H101N3O45. The van der Waals surface area contributed by atoms with E-state index in [1.54, 1.807) is 0 Å². The number of aliphatic hydroxyl groups excluding tert-OH is 25. The minimum atomic E-state index is -2.42. The number of nitrogens with one attached hydrogen (secondary N) is 3. The van der Waals surface area contributed by atoms with Crippen LogP contribution in [0.5, 0.6) is 0 Å². The smallest absolute Gasteiger partial charge is 0.217 e. The van der Waals surface area contributed by atoms with Gasteiger partial charge in [0, 0.05) is 20.8 Å². The molecule has 0 aliphatic carbocycles. The fourth-order valence-electron chi connectivity index (χ4n) is 14.0. The van der Waals surface area contributed by atoms with E-state index in [0.29, 0.717) is 0 Å². The van der Waals surface area contributed by atoms with Crippen LogP contribution in [0.1, 0.15) is 27.7 Å². The zero-order valence-electron chi connectivity index (χ0n) is 58.0. The van der Waals surface area contributed by atoms with Crippen molar-refractivity contribution < 1.29 is 223 Å². The second-order valence-corrected chi connectivity index (χ2v) is 27.4. The molecule has 9 saturated heterocycles. The van der Waals surface area contributed by atoms with Crippen LogP contribution in [0.2, 0.25) is 0 Å². The molecule has 9 aliphatic heterocycles. The number of hydrogen-bond acceptors (Lipinski definition) is 45. The van der Waals surface area contributed by atoms with Crippen LogP contribution in [0.15, 0.2) is 0 Å². The maximum atomic E-state index is 13.5. The van der Waals surface area contributed by atoms with E-state index in [4.69, 9.17) is 80.5 Å². The number of ether oxygens (including phenoxy) is 17. The van der Waals surface area contributed by atoms with Gasteiger partial charge in [0.05, 0.1) is 59.0 Å². The average molecular weight is 1580 g/mol.